The Labute approximate surface area is 58.2 Å². The van der Waals surface area contributed by atoms with Gasteiger partial charge in [0.25, 0.3) is 10.1 Å². The van der Waals surface area contributed by atoms with Crippen LogP contribution in [0.2, 0.25) is 0 Å². The smallest absolute Gasteiger partial charge is 0.286 e. The van der Waals surface area contributed by atoms with Crippen molar-refractivity contribution < 1.29 is 17.8 Å². The van der Waals surface area contributed by atoms with Gasteiger partial charge < -0.3 is 5.32 Å². The summed E-state index contributed by atoms with van der Waals surface area (Å²) in [5.74, 6) is -0.331. The van der Waals surface area contributed by atoms with Gasteiger partial charge in [-0.25, -0.2) is 0 Å². The van der Waals surface area contributed by atoms with E-state index < -0.39 is 15.5 Å². The Hall–Kier alpha value is -0.620. The van der Waals surface area contributed by atoms with Crippen LogP contribution in [-0.2, 0) is 14.9 Å². The van der Waals surface area contributed by atoms with Gasteiger partial charge in [0.05, 0.1) is 0 Å². The lowest BCUT2D eigenvalue weighted by Gasteiger charge is -2.03. The molecule has 0 aromatic heterocycles. The molecule has 6 heteroatoms. The Morgan fingerprint density at radius 1 is 1.60 bits per heavy atom. The van der Waals surface area contributed by atoms with E-state index in [-0.39, 0.29) is 18.7 Å². The van der Waals surface area contributed by atoms with Crippen LogP contribution >= 0.6 is 0 Å². The van der Waals surface area contributed by atoms with Crippen LogP contribution in [0, 0.1) is 0 Å². The van der Waals surface area contributed by atoms with Crippen LogP contribution in [-0.4, -0.2) is 24.3 Å². The number of nitrogens with one attached hydrogen (secondary N) is 1. The molecule has 1 aliphatic heterocycles. The summed E-state index contributed by atoms with van der Waals surface area (Å²) in [5.41, 5.74) is 0. The minimum absolute atomic E-state index is 0.164. The predicted octanol–water partition coefficient (Wildman–Crippen LogP) is -0.890. The largest absolute Gasteiger partial charge is 0.338 e. The maximum Gasteiger partial charge on any atom is 0.286 e. The van der Waals surface area contributed by atoms with Gasteiger partial charge in [-0.05, 0) is 6.42 Å². The number of rotatable bonds is 1. The molecule has 0 aromatic carbocycles. The fourth-order valence-corrected chi connectivity index (χ4v) is 1.51. The third-order valence-electron chi connectivity index (χ3n) is 1.32. The summed E-state index contributed by atoms with van der Waals surface area (Å²) < 4.78 is 29.0. The first-order chi connectivity index (χ1) is 4.50. The number of amides is 1. The van der Waals surface area contributed by atoms with Gasteiger partial charge in [-0.2, -0.15) is 8.42 Å². The van der Waals surface area contributed by atoms with Gasteiger partial charge in [0.15, 0.2) is 5.37 Å². The Morgan fingerprint density at radius 2 is 2.20 bits per heavy atom. The van der Waals surface area contributed by atoms with Crippen LogP contribution in [0.4, 0.5) is 0 Å². The molecule has 1 fully saturated rings. The van der Waals surface area contributed by atoms with E-state index in [2.05, 4.69) is 5.32 Å². The topological polar surface area (TPSA) is 83.5 Å². The molecular weight excluding hydrogens is 158 g/mol. The quantitative estimate of drug-likeness (QED) is 0.494. The lowest BCUT2D eigenvalue weighted by Crippen LogP contribution is -2.32. The highest BCUT2D eigenvalue weighted by Crippen LogP contribution is 2.10. The maximum atomic E-state index is 10.4. The van der Waals surface area contributed by atoms with Crippen molar-refractivity contribution in [3.63, 3.8) is 0 Å². The number of carbonyl (C=O) groups excluding carboxylic acids is 1. The lowest BCUT2D eigenvalue weighted by atomic mass is 10.4. The van der Waals surface area contributed by atoms with Gasteiger partial charge in [-0.3, -0.25) is 9.35 Å². The lowest BCUT2D eigenvalue weighted by molar-refractivity contribution is -0.119. The van der Waals surface area contributed by atoms with Crippen LogP contribution in [0.3, 0.4) is 0 Å². The molecule has 1 atom stereocenters. The molecule has 10 heavy (non-hydrogen) atoms. The molecule has 1 amide bonds. The second-order valence-corrected chi connectivity index (χ2v) is 3.71. The molecule has 0 spiro atoms. The summed E-state index contributed by atoms with van der Waals surface area (Å²) in [5, 5.41) is 1.03. The molecule has 2 N–H and O–H groups in total. The molecule has 1 rings (SSSR count). The van der Waals surface area contributed by atoms with Crippen molar-refractivity contribution in [1.29, 1.82) is 0 Å². The second-order valence-electron chi connectivity index (χ2n) is 2.11. The van der Waals surface area contributed by atoms with E-state index in [4.69, 9.17) is 4.55 Å². The molecule has 1 aliphatic rings. The second kappa shape index (κ2) is 2.21. The average molecular weight is 165 g/mol. The van der Waals surface area contributed by atoms with Crippen molar-refractivity contribution in [2.75, 3.05) is 0 Å². The van der Waals surface area contributed by atoms with E-state index in [9.17, 15) is 13.2 Å². The summed E-state index contributed by atoms with van der Waals surface area (Å²) in [4.78, 5) is 10.4. The zero-order valence-electron chi connectivity index (χ0n) is 5.07. The van der Waals surface area contributed by atoms with E-state index in [1.807, 2.05) is 0 Å². The molecule has 0 aromatic rings. The maximum absolute atomic E-state index is 10.4. The number of hydrogen-bond acceptors (Lipinski definition) is 3. The van der Waals surface area contributed by atoms with Gasteiger partial charge in [0, 0.05) is 6.42 Å². The molecule has 58 valence electrons. The van der Waals surface area contributed by atoms with Crippen LogP contribution in [0.5, 0.6) is 0 Å². The van der Waals surface area contributed by atoms with Crippen molar-refractivity contribution in [2.45, 2.75) is 18.2 Å². The van der Waals surface area contributed by atoms with Gasteiger partial charge in [0.2, 0.25) is 5.91 Å². The van der Waals surface area contributed by atoms with Crippen LogP contribution in [0.1, 0.15) is 12.8 Å². The van der Waals surface area contributed by atoms with Crippen molar-refractivity contribution >= 4 is 16.0 Å². The van der Waals surface area contributed by atoms with Gasteiger partial charge in [0.1, 0.15) is 0 Å². The molecule has 0 bridgehead atoms. The van der Waals surface area contributed by atoms with Crippen LogP contribution < -0.4 is 5.32 Å². The van der Waals surface area contributed by atoms with Gasteiger partial charge in [-0.1, -0.05) is 0 Å². The highest BCUT2D eigenvalue weighted by atomic mass is 32.2. The van der Waals surface area contributed by atoms with Gasteiger partial charge in [-0.15, -0.1) is 0 Å². The normalized spacial score (nSPS) is 26.5. The van der Waals surface area contributed by atoms with Crippen molar-refractivity contribution in [3.05, 3.63) is 0 Å². The van der Waals surface area contributed by atoms with E-state index in [0.717, 1.165) is 0 Å². The molecule has 1 heterocycles. The van der Waals surface area contributed by atoms with Crippen molar-refractivity contribution in [2.24, 2.45) is 0 Å². The summed E-state index contributed by atoms with van der Waals surface area (Å²) >= 11 is 0. The third-order valence-corrected chi connectivity index (χ3v) is 2.39. The van der Waals surface area contributed by atoms with Crippen molar-refractivity contribution in [3.8, 4) is 0 Å². The molecule has 0 radical (unpaired) electrons. The predicted molar refractivity (Wildman–Crippen MR) is 32.7 cm³/mol. The van der Waals surface area contributed by atoms with E-state index in [1.165, 1.54) is 0 Å². The fourth-order valence-electron chi connectivity index (χ4n) is 0.809. The molecule has 1 unspecified atom stereocenters. The van der Waals surface area contributed by atoms with E-state index in [1.54, 1.807) is 0 Å². The zero-order chi connectivity index (χ0) is 7.78. The first-order valence-electron chi connectivity index (χ1n) is 2.76. The third kappa shape index (κ3) is 1.45. The standard InChI is InChI=1S/C4H7NO4S/c6-3-1-2-4(5-3)10(7,8)9/h4H,1-2H2,(H,5,6)(H,7,8,9). The SMILES string of the molecule is O=C1CCC(S(=O)(=O)O)N1. The van der Waals surface area contributed by atoms with Crippen LogP contribution in [0.25, 0.3) is 0 Å². The molecular formula is C4H7NO4S. The molecule has 0 aliphatic carbocycles. The Bertz CT molecular complexity index is 244. The number of hydrogen-bond donors (Lipinski definition) is 2. The Kier molecular flexibility index (Phi) is 1.65. The number of carbonyl (C=O) groups is 1. The Balaban J connectivity index is 2.71. The Morgan fingerprint density at radius 3 is 2.40 bits per heavy atom. The monoisotopic (exact) mass is 165 g/mol. The summed E-state index contributed by atoms with van der Waals surface area (Å²) in [6.07, 6.45) is 0.335. The van der Waals surface area contributed by atoms with Crippen LogP contribution in [0.15, 0.2) is 0 Å². The highest BCUT2D eigenvalue weighted by Gasteiger charge is 2.30. The summed E-state index contributed by atoms with van der Waals surface area (Å²) in [7, 11) is -4.07. The minimum atomic E-state index is -4.07. The summed E-state index contributed by atoms with van der Waals surface area (Å²) in [6, 6.07) is 0. The first kappa shape index (κ1) is 7.49. The minimum Gasteiger partial charge on any atom is -0.338 e. The molecule has 0 saturated carbocycles. The van der Waals surface area contributed by atoms with E-state index >= 15 is 0 Å². The average Bonchev–Trinajstić information content (AvgIpc) is 2.11. The fraction of sp³-hybridized carbons (Fsp3) is 0.750. The summed E-state index contributed by atoms with van der Waals surface area (Å²) in [6.45, 7) is 0. The zero-order valence-corrected chi connectivity index (χ0v) is 5.89. The first-order valence-corrected chi connectivity index (χ1v) is 4.26. The molecule has 1 saturated heterocycles. The van der Waals surface area contributed by atoms with Gasteiger partial charge >= 0.3 is 0 Å². The highest BCUT2D eigenvalue weighted by molar-refractivity contribution is 7.86. The van der Waals surface area contributed by atoms with Crippen molar-refractivity contribution in [1.82, 2.24) is 5.32 Å². The molecule has 5 nitrogen and oxygen atoms in total. The van der Waals surface area contributed by atoms with E-state index in [0.29, 0.717) is 0 Å².